The van der Waals surface area contributed by atoms with Crippen molar-refractivity contribution >= 4 is 0 Å². The molecule has 0 spiro atoms. The van der Waals surface area contributed by atoms with Crippen molar-refractivity contribution in [3.8, 4) is 0 Å². The Bertz CT molecular complexity index is 126. The van der Waals surface area contributed by atoms with Gasteiger partial charge < -0.3 is 10.6 Å². The zero-order valence-corrected chi connectivity index (χ0v) is 11.6. The van der Waals surface area contributed by atoms with Crippen molar-refractivity contribution in [2.45, 2.75) is 65.5 Å². The van der Waals surface area contributed by atoms with Crippen LogP contribution < -0.4 is 10.6 Å². The maximum absolute atomic E-state index is 3.43. The molecule has 16 heavy (non-hydrogen) atoms. The van der Waals surface area contributed by atoms with E-state index in [1.807, 2.05) is 0 Å². The number of hydrogen-bond donors (Lipinski definition) is 2. The van der Waals surface area contributed by atoms with Gasteiger partial charge in [0.05, 0.1) is 0 Å². The third kappa shape index (κ3) is 5.86. The molecule has 2 aliphatic heterocycles. The van der Waals surface area contributed by atoms with Gasteiger partial charge in [-0.15, -0.1) is 0 Å². The average Bonchev–Trinajstić information content (AvgIpc) is 2.28. The van der Waals surface area contributed by atoms with Crippen molar-refractivity contribution in [2.24, 2.45) is 11.8 Å². The molecule has 96 valence electrons. The monoisotopic (exact) mass is 226 g/mol. The molecule has 2 N–H and O–H groups in total. The van der Waals surface area contributed by atoms with E-state index in [0.29, 0.717) is 0 Å². The number of hydrogen-bond acceptors (Lipinski definition) is 2. The molecule has 2 heterocycles. The summed E-state index contributed by atoms with van der Waals surface area (Å²) in [5.74, 6) is 1.82. The maximum Gasteiger partial charge on any atom is 0.00389 e. The first kappa shape index (κ1) is 14.0. The Morgan fingerprint density at radius 2 is 1.00 bits per heavy atom. The van der Waals surface area contributed by atoms with Gasteiger partial charge in [0.2, 0.25) is 0 Å². The fourth-order valence-electron chi connectivity index (χ4n) is 2.28. The van der Waals surface area contributed by atoms with Crippen molar-refractivity contribution in [3.05, 3.63) is 0 Å². The van der Waals surface area contributed by atoms with Crippen LogP contribution in [0.1, 0.15) is 53.4 Å². The van der Waals surface area contributed by atoms with Crippen molar-refractivity contribution in [1.82, 2.24) is 10.6 Å². The van der Waals surface area contributed by atoms with Crippen LogP contribution in [0.3, 0.4) is 0 Å². The zero-order valence-electron chi connectivity index (χ0n) is 11.6. The van der Waals surface area contributed by atoms with Gasteiger partial charge in [0.1, 0.15) is 0 Å². The average molecular weight is 226 g/mol. The molecule has 0 amide bonds. The van der Waals surface area contributed by atoms with E-state index in [4.69, 9.17) is 0 Å². The molecule has 2 nitrogen and oxygen atoms in total. The Hall–Kier alpha value is -0.0800. The van der Waals surface area contributed by atoms with E-state index in [2.05, 4.69) is 38.3 Å². The van der Waals surface area contributed by atoms with Gasteiger partial charge >= 0.3 is 0 Å². The molecular formula is C14H30N2. The molecule has 2 saturated heterocycles. The summed E-state index contributed by atoms with van der Waals surface area (Å²) in [6.07, 6.45) is 5.55. The van der Waals surface area contributed by atoms with E-state index >= 15 is 0 Å². The molecule has 0 aromatic heterocycles. The molecule has 2 heteroatoms. The van der Waals surface area contributed by atoms with Crippen LogP contribution in [0, 0.1) is 11.8 Å². The van der Waals surface area contributed by atoms with E-state index < -0.39 is 0 Å². The van der Waals surface area contributed by atoms with Crippen LogP contribution in [0.15, 0.2) is 0 Å². The van der Waals surface area contributed by atoms with Crippen molar-refractivity contribution in [2.75, 3.05) is 13.1 Å². The van der Waals surface area contributed by atoms with Gasteiger partial charge in [0.15, 0.2) is 0 Å². The van der Waals surface area contributed by atoms with Crippen LogP contribution >= 0.6 is 0 Å². The normalized spacial score (nSPS) is 39.8. The largest absolute Gasteiger partial charge is 0.314 e. The summed E-state index contributed by atoms with van der Waals surface area (Å²) in [4.78, 5) is 0. The van der Waals surface area contributed by atoms with E-state index in [0.717, 1.165) is 23.9 Å². The van der Waals surface area contributed by atoms with Crippen molar-refractivity contribution in [1.29, 1.82) is 0 Å². The minimum Gasteiger partial charge on any atom is -0.314 e. The van der Waals surface area contributed by atoms with Gasteiger partial charge in [-0.25, -0.2) is 0 Å². The van der Waals surface area contributed by atoms with Crippen LogP contribution in [-0.4, -0.2) is 25.2 Å². The van der Waals surface area contributed by atoms with Crippen LogP contribution in [-0.2, 0) is 0 Å². The fourth-order valence-corrected chi connectivity index (χ4v) is 2.28. The molecule has 2 rings (SSSR count). The lowest BCUT2D eigenvalue weighted by molar-refractivity contribution is 0.343. The first-order chi connectivity index (χ1) is 7.58. The summed E-state index contributed by atoms with van der Waals surface area (Å²) in [6.45, 7) is 11.6. The molecule has 0 aromatic carbocycles. The van der Waals surface area contributed by atoms with Gasteiger partial charge in [-0.2, -0.15) is 0 Å². The minimum atomic E-state index is 0.770. The summed E-state index contributed by atoms with van der Waals surface area (Å²) in [7, 11) is 0. The van der Waals surface area contributed by atoms with Crippen LogP contribution in [0.25, 0.3) is 0 Å². The standard InChI is InChI=1S/2C7H15N/c2*1-6-3-4-7(2)8-5-6/h2*6-8H,3-5H2,1-2H3/t6?,7-;/m1./s1. The second-order valence-electron chi connectivity index (χ2n) is 5.98. The molecule has 0 bridgehead atoms. The van der Waals surface area contributed by atoms with Gasteiger partial charge in [0.25, 0.3) is 0 Å². The van der Waals surface area contributed by atoms with Crippen LogP contribution in [0.5, 0.6) is 0 Å². The predicted molar refractivity (Wildman–Crippen MR) is 71.7 cm³/mol. The third-order valence-electron chi connectivity index (χ3n) is 3.81. The maximum atomic E-state index is 3.43. The Labute approximate surface area is 102 Å². The lowest BCUT2D eigenvalue weighted by Crippen LogP contribution is -2.35. The van der Waals surface area contributed by atoms with Crippen molar-refractivity contribution < 1.29 is 0 Å². The molecule has 0 aliphatic carbocycles. The summed E-state index contributed by atoms with van der Waals surface area (Å²) in [5, 5.41) is 6.86. The second-order valence-corrected chi connectivity index (χ2v) is 5.98. The van der Waals surface area contributed by atoms with E-state index in [1.54, 1.807) is 0 Å². The Balaban J connectivity index is 0.000000160. The molecule has 2 fully saturated rings. The smallest absolute Gasteiger partial charge is 0.00389 e. The Morgan fingerprint density at radius 1 is 0.625 bits per heavy atom. The lowest BCUT2D eigenvalue weighted by atomic mass is 9.98. The minimum absolute atomic E-state index is 0.770. The summed E-state index contributed by atoms with van der Waals surface area (Å²) in [6, 6.07) is 1.54. The molecule has 0 saturated carbocycles. The third-order valence-corrected chi connectivity index (χ3v) is 3.81. The zero-order chi connectivity index (χ0) is 12.0. The molecular weight excluding hydrogens is 196 g/mol. The summed E-state index contributed by atoms with van der Waals surface area (Å²) in [5.41, 5.74) is 0. The Morgan fingerprint density at radius 3 is 1.19 bits per heavy atom. The van der Waals surface area contributed by atoms with Gasteiger partial charge in [-0.3, -0.25) is 0 Å². The highest BCUT2D eigenvalue weighted by Gasteiger charge is 2.12. The second kappa shape index (κ2) is 7.29. The van der Waals surface area contributed by atoms with Crippen molar-refractivity contribution in [3.63, 3.8) is 0 Å². The highest BCUT2D eigenvalue weighted by molar-refractivity contribution is 4.71. The summed E-state index contributed by atoms with van der Waals surface area (Å²) >= 11 is 0. The van der Waals surface area contributed by atoms with E-state index in [1.165, 1.54) is 38.8 Å². The fraction of sp³-hybridized carbons (Fsp3) is 1.00. The summed E-state index contributed by atoms with van der Waals surface area (Å²) < 4.78 is 0. The quantitative estimate of drug-likeness (QED) is 0.664. The first-order valence-electron chi connectivity index (χ1n) is 7.04. The molecule has 3 unspecified atom stereocenters. The van der Waals surface area contributed by atoms with E-state index in [-0.39, 0.29) is 0 Å². The topological polar surface area (TPSA) is 24.1 Å². The highest BCUT2D eigenvalue weighted by Crippen LogP contribution is 2.12. The van der Waals surface area contributed by atoms with E-state index in [9.17, 15) is 0 Å². The SMILES string of the molecule is CC1CCC(C)NC1.CC1CC[C@@H](C)NC1. The number of rotatable bonds is 0. The highest BCUT2D eigenvalue weighted by atomic mass is 14.9. The molecule has 0 radical (unpaired) electrons. The first-order valence-corrected chi connectivity index (χ1v) is 7.04. The number of piperidine rings is 2. The number of nitrogens with one attached hydrogen (secondary N) is 2. The van der Waals surface area contributed by atoms with Gasteiger partial charge in [0, 0.05) is 12.1 Å². The molecule has 4 atom stereocenters. The predicted octanol–water partition coefficient (Wildman–Crippen LogP) is 2.79. The molecule has 2 aliphatic rings. The van der Waals surface area contributed by atoms with Crippen LogP contribution in [0.4, 0.5) is 0 Å². The lowest BCUT2D eigenvalue weighted by Gasteiger charge is -2.24. The molecule has 0 aromatic rings. The van der Waals surface area contributed by atoms with Crippen LogP contribution in [0.2, 0.25) is 0 Å². The Kier molecular flexibility index (Phi) is 6.37. The van der Waals surface area contributed by atoms with Gasteiger partial charge in [-0.05, 0) is 64.5 Å². The van der Waals surface area contributed by atoms with Gasteiger partial charge in [-0.1, -0.05) is 13.8 Å².